The molecule has 0 fully saturated rings. The summed E-state index contributed by atoms with van der Waals surface area (Å²) < 4.78 is 0.974. The average molecular weight is 341 g/mol. The molecule has 0 aromatic heterocycles. The Morgan fingerprint density at radius 3 is 2.68 bits per heavy atom. The Labute approximate surface area is 124 Å². The number of aromatic carboxylic acids is 1. The molecule has 3 nitrogen and oxygen atoms in total. The minimum absolute atomic E-state index is 0.205. The smallest absolute Gasteiger partial charge is 0.337 e. The molecule has 2 aromatic rings. The molecule has 5 heteroatoms. The van der Waals surface area contributed by atoms with Gasteiger partial charge in [0.25, 0.3) is 0 Å². The molecule has 2 rings (SSSR count). The highest BCUT2D eigenvalue weighted by Gasteiger charge is 2.10. The first-order valence-corrected chi connectivity index (χ1v) is 6.75. The molecule has 0 spiro atoms. The van der Waals surface area contributed by atoms with E-state index in [1.165, 1.54) is 6.07 Å². The van der Waals surface area contributed by atoms with Gasteiger partial charge < -0.3 is 10.4 Å². The van der Waals surface area contributed by atoms with Crippen LogP contribution in [0.15, 0.2) is 46.9 Å². The van der Waals surface area contributed by atoms with Crippen molar-refractivity contribution in [1.82, 2.24) is 0 Å². The van der Waals surface area contributed by atoms with Crippen molar-refractivity contribution in [3.05, 3.63) is 63.1 Å². The molecular formula is C14H11BrClNO2. The third kappa shape index (κ3) is 3.49. The predicted molar refractivity (Wildman–Crippen MR) is 79.9 cm³/mol. The van der Waals surface area contributed by atoms with E-state index in [2.05, 4.69) is 21.2 Å². The van der Waals surface area contributed by atoms with Gasteiger partial charge in [-0.15, -0.1) is 0 Å². The minimum atomic E-state index is -0.980. The zero-order valence-corrected chi connectivity index (χ0v) is 12.2. The number of hydrogen-bond acceptors (Lipinski definition) is 2. The van der Waals surface area contributed by atoms with Crippen molar-refractivity contribution in [3.8, 4) is 0 Å². The molecule has 0 amide bonds. The van der Waals surface area contributed by atoms with Crippen molar-refractivity contribution in [3.63, 3.8) is 0 Å². The van der Waals surface area contributed by atoms with Crippen LogP contribution in [0.5, 0.6) is 0 Å². The summed E-state index contributed by atoms with van der Waals surface area (Å²) in [6, 6.07) is 12.4. The van der Waals surface area contributed by atoms with E-state index in [-0.39, 0.29) is 5.56 Å². The van der Waals surface area contributed by atoms with Gasteiger partial charge in [-0.3, -0.25) is 0 Å². The molecule has 0 aliphatic carbocycles. The quantitative estimate of drug-likeness (QED) is 0.866. The number of rotatable bonds is 4. The average Bonchev–Trinajstić information content (AvgIpc) is 2.37. The first kappa shape index (κ1) is 13.9. The number of anilines is 1. The summed E-state index contributed by atoms with van der Waals surface area (Å²) in [5, 5.41) is 12.7. The minimum Gasteiger partial charge on any atom is -0.478 e. The lowest BCUT2D eigenvalue weighted by molar-refractivity contribution is 0.0698. The molecule has 0 heterocycles. The number of halogens is 2. The van der Waals surface area contributed by atoms with Crippen LogP contribution in [-0.2, 0) is 6.54 Å². The van der Waals surface area contributed by atoms with Gasteiger partial charge >= 0.3 is 5.97 Å². The van der Waals surface area contributed by atoms with Gasteiger partial charge in [0, 0.05) is 16.0 Å². The fraction of sp³-hybridized carbons (Fsp3) is 0.0714. The number of carboxylic acid groups (broad SMARTS) is 1. The molecule has 0 bridgehead atoms. The summed E-state index contributed by atoms with van der Waals surface area (Å²) in [6.07, 6.45) is 0. The van der Waals surface area contributed by atoms with Crippen molar-refractivity contribution < 1.29 is 9.90 Å². The Kier molecular flexibility index (Phi) is 4.45. The van der Waals surface area contributed by atoms with Gasteiger partial charge in [0.2, 0.25) is 0 Å². The highest BCUT2D eigenvalue weighted by atomic mass is 79.9. The molecule has 0 saturated heterocycles. The molecule has 0 atom stereocenters. The monoisotopic (exact) mass is 339 g/mol. The Bertz CT molecular complexity index is 616. The van der Waals surface area contributed by atoms with Crippen LogP contribution >= 0.6 is 27.5 Å². The van der Waals surface area contributed by atoms with E-state index in [0.717, 1.165) is 10.0 Å². The first-order chi connectivity index (χ1) is 9.08. The maximum Gasteiger partial charge on any atom is 0.337 e. The molecule has 0 radical (unpaired) electrons. The second-order valence-electron chi connectivity index (χ2n) is 3.94. The highest BCUT2D eigenvalue weighted by Crippen LogP contribution is 2.23. The number of carbonyl (C=O) groups is 1. The summed E-state index contributed by atoms with van der Waals surface area (Å²) in [4.78, 5) is 11.1. The summed E-state index contributed by atoms with van der Waals surface area (Å²) in [5.41, 5.74) is 1.76. The third-order valence-corrected chi connectivity index (χ3v) is 3.65. The predicted octanol–water partition coefficient (Wildman–Crippen LogP) is 4.41. The van der Waals surface area contributed by atoms with Gasteiger partial charge in [-0.05, 0) is 29.8 Å². The van der Waals surface area contributed by atoms with Crippen LogP contribution in [0.1, 0.15) is 15.9 Å². The van der Waals surface area contributed by atoms with Crippen LogP contribution in [-0.4, -0.2) is 11.1 Å². The van der Waals surface area contributed by atoms with Gasteiger partial charge in [0.05, 0.1) is 11.3 Å². The molecular weight excluding hydrogens is 330 g/mol. The van der Waals surface area contributed by atoms with Gasteiger partial charge in [-0.25, -0.2) is 4.79 Å². The summed E-state index contributed by atoms with van der Waals surface area (Å²) in [6.45, 7) is 0.516. The van der Waals surface area contributed by atoms with E-state index in [9.17, 15) is 4.79 Å². The fourth-order valence-corrected chi connectivity index (χ4v) is 2.28. The summed E-state index contributed by atoms with van der Waals surface area (Å²) in [7, 11) is 0. The largest absolute Gasteiger partial charge is 0.478 e. The number of nitrogens with one attached hydrogen (secondary N) is 1. The molecule has 0 saturated carbocycles. The SMILES string of the molecule is O=C(O)c1ccc(Cl)cc1NCc1ccccc1Br. The highest BCUT2D eigenvalue weighted by molar-refractivity contribution is 9.10. The molecule has 2 aromatic carbocycles. The zero-order valence-electron chi connectivity index (χ0n) is 9.86. The molecule has 2 N–H and O–H groups in total. The van der Waals surface area contributed by atoms with Crippen molar-refractivity contribution in [2.24, 2.45) is 0 Å². The molecule has 0 aliphatic rings. The normalized spacial score (nSPS) is 10.2. The lowest BCUT2D eigenvalue weighted by atomic mass is 10.1. The van der Waals surface area contributed by atoms with E-state index < -0.39 is 5.97 Å². The van der Waals surface area contributed by atoms with Crippen LogP contribution in [0.3, 0.4) is 0 Å². The maximum absolute atomic E-state index is 11.1. The summed E-state index contributed by atoms with van der Waals surface area (Å²) >= 11 is 9.34. The Hall–Kier alpha value is -1.52. The van der Waals surface area contributed by atoms with E-state index in [4.69, 9.17) is 16.7 Å². The van der Waals surface area contributed by atoms with E-state index in [0.29, 0.717) is 17.3 Å². The third-order valence-electron chi connectivity index (χ3n) is 2.64. The maximum atomic E-state index is 11.1. The van der Waals surface area contributed by atoms with Crippen LogP contribution in [0.25, 0.3) is 0 Å². The van der Waals surface area contributed by atoms with Gasteiger partial charge in [0.15, 0.2) is 0 Å². The molecule has 0 aliphatic heterocycles. The molecule has 98 valence electrons. The second-order valence-corrected chi connectivity index (χ2v) is 5.23. The number of hydrogen-bond donors (Lipinski definition) is 2. The first-order valence-electron chi connectivity index (χ1n) is 5.58. The van der Waals surface area contributed by atoms with Gasteiger partial charge in [0.1, 0.15) is 0 Å². The van der Waals surface area contributed by atoms with E-state index in [1.54, 1.807) is 12.1 Å². The van der Waals surface area contributed by atoms with E-state index in [1.807, 2.05) is 24.3 Å². The van der Waals surface area contributed by atoms with Crippen LogP contribution in [0.2, 0.25) is 5.02 Å². The molecule has 0 unspecified atom stereocenters. The standard InChI is InChI=1S/C14H11BrClNO2/c15-12-4-2-1-3-9(12)8-17-13-7-10(16)5-6-11(13)14(18)19/h1-7,17H,8H2,(H,18,19). The zero-order chi connectivity index (χ0) is 13.8. The number of benzene rings is 2. The van der Waals surface area contributed by atoms with Crippen molar-refractivity contribution >= 4 is 39.2 Å². The Morgan fingerprint density at radius 2 is 2.00 bits per heavy atom. The van der Waals surface area contributed by atoms with Gasteiger partial charge in [-0.2, -0.15) is 0 Å². The molecule has 19 heavy (non-hydrogen) atoms. The van der Waals surface area contributed by atoms with Crippen LogP contribution in [0.4, 0.5) is 5.69 Å². The van der Waals surface area contributed by atoms with Crippen LogP contribution in [0, 0.1) is 0 Å². The summed E-state index contributed by atoms with van der Waals surface area (Å²) in [5.74, 6) is -0.980. The fourth-order valence-electron chi connectivity index (χ4n) is 1.68. The number of carboxylic acids is 1. The Balaban J connectivity index is 2.22. The van der Waals surface area contributed by atoms with Crippen LogP contribution < -0.4 is 5.32 Å². The lowest BCUT2D eigenvalue weighted by Crippen LogP contribution is -2.06. The lowest BCUT2D eigenvalue weighted by Gasteiger charge is -2.11. The van der Waals surface area contributed by atoms with Crippen molar-refractivity contribution in [1.29, 1.82) is 0 Å². The van der Waals surface area contributed by atoms with Crippen molar-refractivity contribution in [2.45, 2.75) is 6.54 Å². The van der Waals surface area contributed by atoms with Crippen molar-refractivity contribution in [2.75, 3.05) is 5.32 Å². The topological polar surface area (TPSA) is 49.3 Å². The van der Waals surface area contributed by atoms with Gasteiger partial charge in [-0.1, -0.05) is 45.7 Å². The van der Waals surface area contributed by atoms with E-state index >= 15 is 0 Å². The Morgan fingerprint density at radius 1 is 1.26 bits per heavy atom. The second kappa shape index (κ2) is 6.08.